The van der Waals surface area contributed by atoms with Gasteiger partial charge < -0.3 is 18.8 Å². The fourth-order valence-electron chi connectivity index (χ4n) is 12.1. The standard InChI is InChI=1S/C55H65FN6O4Si/c1-8-37-18-15-19-38-20-16-25-44(46(37)38)48-47(56)49-45(32-57-48)50(60-33-39-26-27-40(34-60)62(39)52(63)66-53(2,3)4)59-51(58-49)64-36-55-29-17-31-61(55)41(28-30-55)35-65-67(54(5,6)7,42-21-11-9-12-22-42)43-23-13-10-14-24-43/h9-16,18-25,32,39-41H,8,17,26-31,33-36H2,1-7H3/t39?,40?,41-,55-/m1/s1. The third kappa shape index (κ3) is 8.16. The summed E-state index contributed by atoms with van der Waals surface area (Å²) in [6, 6.07) is 34.1. The first-order valence-electron chi connectivity index (χ1n) is 24.5. The largest absolute Gasteiger partial charge is 0.461 e. The number of hydrogen-bond donors (Lipinski definition) is 0. The van der Waals surface area contributed by atoms with E-state index in [1.807, 2.05) is 37.8 Å². The maximum absolute atomic E-state index is 17.5. The Morgan fingerprint density at radius 2 is 1.51 bits per heavy atom. The molecule has 1 amide bonds. The van der Waals surface area contributed by atoms with Crippen LogP contribution in [-0.4, -0.2) is 101 Å². The van der Waals surface area contributed by atoms with E-state index in [1.54, 1.807) is 6.20 Å². The highest BCUT2D eigenvalue weighted by atomic mass is 28.4. The molecule has 4 aromatic carbocycles. The summed E-state index contributed by atoms with van der Waals surface area (Å²) in [5.74, 6) is 0.0801. The molecule has 2 unspecified atom stereocenters. The molecule has 0 aliphatic carbocycles. The highest BCUT2D eigenvalue weighted by Crippen LogP contribution is 2.45. The Hall–Kier alpha value is -5.43. The van der Waals surface area contributed by atoms with Gasteiger partial charge in [-0.3, -0.25) is 14.8 Å². The first-order valence-corrected chi connectivity index (χ1v) is 26.4. The Morgan fingerprint density at radius 1 is 0.836 bits per heavy atom. The highest BCUT2D eigenvalue weighted by molar-refractivity contribution is 6.99. The predicted molar refractivity (Wildman–Crippen MR) is 267 cm³/mol. The summed E-state index contributed by atoms with van der Waals surface area (Å²) in [5, 5.41) is 5.00. The van der Waals surface area contributed by atoms with E-state index in [0.29, 0.717) is 37.5 Å². The van der Waals surface area contributed by atoms with Crippen molar-refractivity contribution in [3.8, 4) is 17.3 Å². The molecule has 0 spiro atoms. The number of fused-ring (bicyclic) bond motifs is 5. The molecule has 10 nitrogen and oxygen atoms in total. The average Bonchev–Trinajstić information content (AvgIpc) is 3.97. The molecule has 6 heterocycles. The number of rotatable bonds is 11. The fraction of sp³-hybridized carbons (Fsp3) is 0.455. The zero-order valence-electron chi connectivity index (χ0n) is 40.2. The minimum Gasteiger partial charge on any atom is -0.461 e. The molecule has 4 fully saturated rings. The zero-order chi connectivity index (χ0) is 46.7. The van der Waals surface area contributed by atoms with Crippen LogP contribution in [0.5, 0.6) is 6.01 Å². The molecule has 12 heteroatoms. The lowest BCUT2D eigenvalue weighted by molar-refractivity contribution is 0.0122. The van der Waals surface area contributed by atoms with Gasteiger partial charge in [0.25, 0.3) is 8.32 Å². The molecular weight excluding hydrogens is 856 g/mol. The Bertz CT molecular complexity index is 2720. The first-order chi connectivity index (χ1) is 32.2. The van der Waals surface area contributed by atoms with E-state index in [1.165, 1.54) is 10.4 Å². The number of aromatic nitrogens is 3. The Morgan fingerprint density at radius 3 is 2.15 bits per heavy atom. The van der Waals surface area contributed by atoms with Gasteiger partial charge in [0.15, 0.2) is 5.82 Å². The van der Waals surface area contributed by atoms with E-state index in [4.69, 9.17) is 28.9 Å². The van der Waals surface area contributed by atoms with Crippen LogP contribution in [0.15, 0.2) is 103 Å². The molecule has 0 N–H and O–H groups in total. The second kappa shape index (κ2) is 17.6. The molecular formula is C55H65FN6O4Si. The SMILES string of the molecule is CCc1cccc2cccc(-c3ncc4c(N5CC6CCC(C5)N6C(=O)OC(C)(C)C)nc(OC[C@]56CCCN5[C@@H](CO[Si](c5ccccc5)(c5ccccc5)C(C)(C)C)CC6)nc4c3F)c12. The molecule has 67 heavy (non-hydrogen) atoms. The highest BCUT2D eigenvalue weighted by Gasteiger charge is 2.54. The van der Waals surface area contributed by atoms with Crippen LogP contribution < -0.4 is 20.0 Å². The Kier molecular flexibility index (Phi) is 11.9. The second-order valence-corrected chi connectivity index (χ2v) is 25.6. The number of piperazine rings is 1. The quantitative estimate of drug-likeness (QED) is 0.118. The van der Waals surface area contributed by atoms with Gasteiger partial charge >= 0.3 is 12.1 Å². The Labute approximate surface area is 396 Å². The monoisotopic (exact) mass is 920 g/mol. The number of aryl methyl sites for hydroxylation is 1. The van der Waals surface area contributed by atoms with Crippen LogP contribution in [0.1, 0.15) is 92.6 Å². The maximum atomic E-state index is 17.5. The van der Waals surface area contributed by atoms with Crippen LogP contribution in [0.2, 0.25) is 5.04 Å². The van der Waals surface area contributed by atoms with Crippen LogP contribution in [0, 0.1) is 5.82 Å². The molecule has 4 atom stereocenters. The number of carbonyl (C=O) groups excluding carboxylic acids is 1. The summed E-state index contributed by atoms with van der Waals surface area (Å²) in [4.78, 5) is 35.1. The van der Waals surface area contributed by atoms with Gasteiger partial charge in [-0.1, -0.05) is 125 Å². The van der Waals surface area contributed by atoms with Crippen LogP contribution in [0.25, 0.3) is 32.9 Å². The van der Waals surface area contributed by atoms with E-state index in [-0.39, 0.29) is 52.0 Å². The topological polar surface area (TPSA) is 93.2 Å². The van der Waals surface area contributed by atoms with E-state index in [2.05, 4.69) is 122 Å². The minimum absolute atomic E-state index is 0.0735. The molecule has 350 valence electrons. The Balaban J connectivity index is 0.979. The van der Waals surface area contributed by atoms with Crippen molar-refractivity contribution in [2.45, 2.75) is 128 Å². The van der Waals surface area contributed by atoms with E-state index in [9.17, 15) is 4.79 Å². The van der Waals surface area contributed by atoms with E-state index in [0.717, 1.165) is 73.4 Å². The molecule has 4 saturated heterocycles. The molecule has 2 aromatic heterocycles. The van der Waals surface area contributed by atoms with Gasteiger partial charge in [0, 0.05) is 30.9 Å². The van der Waals surface area contributed by atoms with Crippen LogP contribution in [0.3, 0.4) is 0 Å². The molecule has 0 radical (unpaired) electrons. The number of hydrogen-bond acceptors (Lipinski definition) is 9. The number of nitrogens with zero attached hydrogens (tertiary/aromatic N) is 6. The number of amides is 1. The van der Waals surface area contributed by atoms with Gasteiger partial charge in [-0.15, -0.1) is 0 Å². The maximum Gasteiger partial charge on any atom is 0.410 e. The normalized spacial score (nSPS) is 22.2. The smallest absolute Gasteiger partial charge is 0.410 e. The average molecular weight is 921 g/mol. The van der Waals surface area contributed by atoms with Gasteiger partial charge in [0.1, 0.15) is 29.2 Å². The van der Waals surface area contributed by atoms with Crippen LogP contribution >= 0.6 is 0 Å². The van der Waals surface area contributed by atoms with Gasteiger partial charge in [-0.25, -0.2) is 9.18 Å². The third-order valence-corrected chi connectivity index (χ3v) is 20.1. The number of ether oxygens (including phenoxy) is 2. The van der Waals surface area contributed by atoms with Crippen molar-refractivity contribution in [2.24, 2.45) is 0 Å². The van der Waals surface area contributed by atoms with Crippen molar-refractivity contribution < 1.29 is 23.1 Å². The molecule has 0 saturated carbocycles. The first kappa shape index (κ1) is 45.4. The summed E-state index contributed by atoms with van der Waals surface area (Å²) in [5.41, 5.74) is 1.48. The number of carbonyl (C=O) groups is 1. The lowest BCUT2D eigenvalue weighted by Crippen LogP contribution is -2.67. The molecule has 2 bridgehead atoms. The van der Waals surface area contributed by atoms with E-state index >= 15 is 4.39 Å². The lowest BCUT2D eigenvalue weighted by atomic mass is 9.95. The summed E-state index contributed by atoms with van der Waals surface area (Å²) in [6.45, 7) is 17.8. The van der Waals surface area contributed by atoms with Gasteiger partial charge in [-0.05, 0) is 104 Å². The van der Waals surface area contributed by atoms with Crippen molar-refractivity contribution in [1.82, 2.24) is 24.8 Å². The third-order valence-electron chi connectivity index (χ3n) is 15.1. The van der Waals surface area contributed by atoms with Crippen molar-refractivity contribution in [2.75, 3.05) is 37.7 Å². The van der Waals surface area contributed by atoms with Gasteiger partial charge in [-0.2, -0.15) is 9.97 Å². The lowest BCUT2D eigenvalue weighted by Gasteiger charge is -2.44. The summed E-state index contributed by atoms with van der Waals surface area (Å²) in [6.07, 6.45) is 7.94. The van der Waals surface area contributed by atoms with E-state index < -0.39 is 19.7 Å². The minimum atomic E-state index is -2.74. The van der Waals surface area contributed by atoms with Gasteiger partial charge in [0.2, 0.25) is 0 Å². The van der Waals surface area contributed by atoms with Crippen molar-refractivity contribution in [3.63, 3.8) is 0 Å². The second-order valence-electron chi connectivity index (χ2n) is 21.3. The van der Waals surface area contributed by atoms with Crippen LogP contribution in [0.4, 0.5) is 15.0 Å². The summed E-state index contributed by atoms with van der Waals surface area (Å²) < 4.78 is 37.7. The van der Waals surface area contributed by atoms with Gasteiger partial charge in [0.05, 0.1) is 29.6 Å². The molecule has 4 aliphatic rings. The van der Waals surface area contributed by atoms with Crippen molar-refractivity contribution in [3.05, 3.63) is 115 Å². The number of halogens is 1. The number of anilines is 1. The van der Waals surface area contributed by atoms with Crippen molar-refractivity contribution >= 4 is 52.3 Å². The number of benzene rings is 4. The zero-order valence-corrected chi connectivity index (χ0v) is 41.2. The summed E-state index contributed by atoms with van der Waals surface area (Å²) >= 11 is 0. The van der Waals surface area contributed by atoms with Crippen molar-refractivity contribution in [1.29, 1.82) is 0 Å². The molecule has 6 aromatic rings. The van der Waals surface area contributed by atoms with Crippen LogP contribution in [-0.2, 0) is 15.6 Å². The summed E-state index contributed by atoms with van der Waals surface area (Å²) in [7, 11) is -2.74. The number of pyridine rings is 1. The molecule has 10 rings (SSSR count). The fourth-order valence-corrected chi connectivity index (χ4v) is 16.7. The predicted octanol–water partition coefficient (Wildman–Crippen LogP) is 10.1. The molecule has 4 aliphatic heterocycles.